The first kappa shape index (κ1) is 32.7. The minimum absolute atomic E-state index is 0.00294. The number of halogens is 4. The Kier molecular flexibility index (Phi) is 7.98. The summed E-state index contributed by atoms with van der Waals surface area (Å²) in [6.45, 7) is -0.102. The van der Waals surface area contributed by atoms with Crippen molar-refractivity contribution < 1.29 is 46.8 Å². The van der Waals surface area contributed by atoms with Crippen LogP contribution in [0.2, 0.25) is 0 Å². The standard InChI is InChI=1S/C35H32F4N4O6/c1-33(32(46)42-22-13-23(44)14-22)17-48-30-25(33)15-27(43-29(30)18-4-6-21(36)7-5-18)34(47,35(37,38)39)16-41-31(45)20-11-19-3-2-10-40-28(19)26(12-20)49-24-8-9-24/h2-7,10-12,15,22-24,44,47H,8-9,13-14,16-17H2,1H3,(H,41,45)(H,42,46)/t22?,23?,33-,34-/m0/s1. The first-order valence-corrected chi connectivity index (χ1v) is 15.8. The maximum absolute atomic E-state index is 15.0. The predicted octanol–water partition coefficient (Wildman–Crippen LogP) is 4.45. The van der Waals surface area contributed by atoms with Crippen LogP contribution < -0.4 is 20.1 Å². The number of amides is 2. The number of rotatable bonds is 9. The predicted molar refractivity (Wildman–Crippen MR) is 167 cm³/mol. The van der Waals surface area contributed by atoms with E-state index in [-0.39, 0.29) is 46.9 Å². The van der Waals surface area contributed by atoms with E-state index in [0.29, 0.717) is 29.5 Å². The van der Waals surface area contributed by atoms with Gasteiger partial charge in [0.25, 0.3) is 5.91 Å². The van der Waals surface area contributed by atoms with Crippen LogP contribution in [0, 0.1) is 5.82 Å². The van der Waals surface area contributed by atoms with E-state index in [4.69, 9.17) is 9.47 Å². The second-order valence-corrected chi connectivity index (χ2v) is 13.1. The number of ether oxygens (including phenoxy) is 2. The van der Waals surface area contributed by atoms with E-state index in [1.54, 1.807) is 18.3 Å². The third-order valence-corrected chi connectivity index (χ3v) is 9.29. The lowest BCUT2D eigenvalue weighted by atomic mass is 9.80. The van der Waals surface area contributed by atoms with Crippen molar-refractivity contribution in [3.8, 4) is 22.8 Å². The van der Waals surface area contributed by atoms with E-state index in [1.165, 1.54) is 31.2 Å². The average molecular weight is 681 g/mol. The van der Waals surface area contributed by atoms with Crippen molar-refractivity contribution in [3.05, 3.63) is 83.4 Å². The Balaban J connectivity index is 1.26. The molecule has 0 bridgehead atoms. The minimum atomic E-state index is -5.37. The van der Waals surface area contributed by atoms with Crippen molar-refractivity contribution in [1.29, 1.82) is 0 Å². The summed E-state index contributed by atoms with van der Waals surface area (Å²) in [5, 5.41) is 26.7. The van der Waals surface area contributed by atoms with Crippen LogP contribution in [0.3, 0.4) is 0 Å². The van der Waals surface area contributed by atoms with E-state index in [1.807, 2.05) is 0 Å². The molecule has 2 fully saturated rings. The molecule has 0 saturated heterocycles. The molecule has 0 unspecified atom stereocenters. The fraction of sp³-hybridized carbons (Fsp3) is 0.371. The molecule has 2 atom stereocenters. The van der Waals surface area contributed by atoms with Crippen LogP contribution in [0.5, 0.6) is 11.5 Å². The van der Waals surface area contributed by atoms with E-state index < -0.39 is 53.2 Å². The zero-order valence-corrected chi connectivity index (χ0v) is 26.2. The number of aliphatic hydroxyl groups is 2. The Morgan fingerprint density at radius 1 is 1.10 bits per heavy atom. The zero-order chi connectivity index (χ0) is 34.7. The summed E-state index contributed by atoms with van der Waals surface area (Å²) in [4.78, 5) is 35.5. The topological polar surface area (TPSA) is 143 Å². The van der Waals surface area contributed by atoms with Crippen LogP contribution in [0.15, 0.2) is 60.8 Å². The highest BCUT2D eigenvalue weighted by Crippen LogP contribution is 2.48. The number of hydrogen-bond acceptors (Lipinski definition) is 8. The summed E-state index contributed by atoms with van der Waals surface area (Å²) in [6, 6.07) is 11.6. The molecule has 2 aliphatic carbocycles. The number of hydrogen-bond donors (Lipinski definition) is 4. The molecule has 3 heterocycles. The molecule has 2 aromatic heterocycles. The molecule has 4 aromatic rings. The van der Waals surface area contributed by atoms with E-state index >= 15 is 0 Å². The molecular formula is C35H32F4N4O6. The number of nitrogens with zero attached hydrogens (tertiary/aromatic N) is 2. The van der Waals surface area contributed by atoms with Gasteiger partial charge in [0.05, 0.1) is 24.4 Å². The number of carbonyl (C=O) groups is 2. The number of pyridine rings is 2. The summed E-state index contributed by atoms with van der Waals surface area (Å²) in [5.41, 5.74) is -5.63. The van der Waals surface area contributed by atoms with E-state index in [0.717, 1.165) is 31.0 Å². The van der Waals surface area contributed by atoms with Crippen LogP contribution in [-0.2, 0) is 15.8 Å². The van der Waals surface area contributed by atoms with Crippen LogP contribution in [-0.4, -0.2) is 69.6 Å². The van der Waals surface area contributed by atoms with Gasteiger partial charge >= 0.3 is 6.18 Å². The van der Waals surface area contributed by atoms with Gasteiger partial charge < -0.3 is 30.3 Å². The number of fused-ring (bicyclic) bond motifs is 2. The molecule has 7 rings (SSSR count). The number of carbonyl (C=O) groups excluding carboxylic acids is 2. The number of alkyl halides is 3. The third-order valence-electron chi connectivity index (χ3n) is 9.29. The van der Waals surface area contributed by atoms with Crippen LogP contribution >= 0.6 is 0 Å². The highest BCUT2D eigenvalue weighted by atomic mass is 19.4. The lowest BCUT2D eigenvalue weighted by molar-refractivity contribution is -0.265. The molecule has 10 nitrogen and oxygen atoms in total. The van der Waals surface area contributed by atoms with Gasteiger partial charge in [-0.05, 0) is 81.1 Å². The fourth-order valence-corrected chi connectivity index (χ4v) is 6.03. The first-order chi connectivity index (χ1) is 23.2. The number of aromatic nitrogens is 2. The molecular weight excluding hydrogens is 648 g/mol. The van der Waals surface area contributed by atoms with Crippen molar-refractivity contribution in [2.24, 2.45) is 0 Å². The van der Waals surface area contributed by atoms with Gasteiger partial charge in [-0.3, -0.25) is 14.6 Å². The zero-order valence-electron chi connectivity index (χ0n) is 26.2. The average Bonchev–Trinajstić information content (AvgIpc) is 3.81. The molecule has 4 N–H and O–H groups in total. The smallest absolute Gasteiger partial charge is 0.424 e. The monoisotopic (exact) mass is 680 g/mol. The highest BCUT2D eigenvalue weighted by Gasteiger charge is 2.58. The van der Waals surface area contributed by atoms with Gasteiger partial charge in [0.15, 0.2) is 0 Å². The quantitative estimate of drug-likeness (QED) is 0.190. The maximum Gasteiger partial charge on any atom is 0.424 e. The Hall–Kier alpha value is -4.82. The molecule has 0 radical (unpaired) electrons. The summed E-state index contributed by atoms with van der Waals surface area (Å²) < 4.78 is 70.5. The van der Waals surface area contributed by atoms with Crippen molar-refractivity contribution in [2.75, 3.05) is 13.2 Å². The first-order valence-electron chi connectivity index (χ1n) is 15.8. The van der Waals surface area contributed by atoms with Crippen molar-refractivity contribution >= 4 is 22.7 Å². The molecule has 49 heavy (non-hydrogen) atoms. The Morgan fingerprint density at radius 2 is 1.84 bits per heavy atom. The molecule has 3 aliphatic rings. The van der Waals surface area contributed by atoms with Crippen LogP contribution in [0.25, 0.3) is 22.2 Å². The molecule has 256 valence electrons. The van der Waals surface area contributed by atoms with Gasteiger partial charge in [0.2, 0.25) is 11.5 Å². The molecule has 2 saturated carbocycles. The highest BCUT2D eigenvalue weighted by molar-refractivity contribution is 6.00. The van der Waals surface area contributed by atoms with E-state index in [9.17, 15) is 37.4 Å². The number of aliphatic hydroxyl groups excluding tert-OH is 1. The van der Waals surface area contributed by atoms with Crippen molar-refractivity contribution in [3.63, 3.8) is 0 Å². The summed E-state index contributed by atoms with van der Waals surface area (Å²) in [5.74, 6) is -1.75. The van der Waals surface area contributed by atoms with Crippen molar-refractivity contribution in [1.82, 2.24) is 20.6 Å². The Labute approximate surface area is 277 Å². The minimum Gasteiger partial charge on any atom is -0.489 e. The fourth-order valence-electron chi connectivity index (χ4n) is 6.03. The van der Waals surface area contributed by atoms with Gasteiger partial charge in [-0.25, -0.2) is 9.37 Å². The van der Waals surface area contributed by atoms with E-state index in [2.05, 4.69) is 20.6 Å². The van der Waals surface area contributed by atoms with Gasteiger partial charge in [-0.1, -0.05) is 6.07 Å². The van der Waals surface area contributed by atoms with Crippen molar-refractivity contribution in [2.45, 2.75) is 68.0 Å². The second kappa shape index (κ2) is 11.9. The number of benzene rings is 2. The largest absolute Gasteiger partial charge is 0.489 e. The SMILES string of the molecule is C[C@]1(C(=O)NC2CC(O)C2)COc2c1cc([C@@](O)(CNC(=O)c1cc(OC3CC3)c3ncccc3c1)C(F)(F)F)nc2-c1ccc(F)cc1. The van der Waals surface area contributed by atoms with Gasteiger partial charge in [0, 0.05) is 34.3 Å². The second-order valence-electron chi connectivity index (χ2n) is 13.1. The Bertz CT molecular complexity index is 1950. The third kappa shape index (κ3) is 6.03. The summed E-state index contributed by atoms with van der Waals surface area (Å²) in [6.07, 6.45) is -2.11. The molecule has 14 heteroatoms. The Morgan fingerprint density at radius 3 is 2.51 bits per heavy atom. The molecule has 0 spiro atoms. The molecule has 2 aromatic carbocycles. The van der Waals surface area contributed by atoms with Crippen LogP contribution in [0.4, 0.5) is 17.6 Å². The summed E-state index contributed by atoms with van der Waals surface area (Å²) in [7, 11) is 0. The van der Waals surface area contributed by atoms with Gasteiger partial charge in [0.1, 0.15) is 40.5 Å². The number of nitrogens with one attached hydrogen (secondary N) is 2. The maximum atomic E-state index is 15.0. The lowest BCUT2D eigenvalue weighted by Gasteiger charge is -2.35. The lowest BCUT2D eigenvalue weighted by Crippen LogP contribution is -2.53. The normalized spacial score (nSPS) is 22.8. The summed E-state index contributed by atoms with van der Waals surface area (Å²) >= 11 is 0. The van der Waals surface area contributed by atoms with Crippen LogP contribution in [0.1, 0.15) is 54.2 Å². The van der Waals surface area contributed by atoms with Gasteiger partial charge in [-0.2, -0.15) is 13.2 Å². The van der Waals surface area contributed by atoms with Gasteiger partial charge in [-0.15, -0.1) is 0 Å². The molecule has 2 amide bonds. The molecule has 1 aliphatic heterocycles.